The molecule has 0 unspecified atom stereocenters. The molecule has 0 saturated carbocycles. The van der Waals surface area contributed by atoms with Gasteiger partial charge in [-0.3, -0.25) is 0 Å². The Hall–Kier alpha value is -0.0500. The van der Waals surface area contributed by atoms with Crippen LogP contribution in [0, 0.1) is 0 Å². The second-order valence-corrected chi connectivity index (χ2v) is 2.43. The van der Waals surface area contributed by atoms with Crippen LogP contribution in [-0.4, -0.2) is 24.8 Å². The van der Waals surface area contributed by atoms with Gasteiger partial charge in [0.15, 0.2) is 0 Å². The average Bonchev–Trinajstić information content (AvgIpc) is 1.98. The maximum Gasteiger partial charge on any atom is 0.0443 e. The van der Waals surface area contributed by atoms with Crippen molar-refractivity contribution in [2.45, 2.75) is 13.3 Å². The van der Waals surface area contributed by atoms with Crippen molar-refractivity contribution in [1.29, 1.82) is 0 Å². The molecule has 0 saturated heterocycles. The Balaban J connectivity index is 3.04. The molecule has 0 aliphatic heterocycles. The summed E-state index contributed by atoms with van der Waals surface area (Å²) in [5, 5.41) is 11.5. The molecule has 3 heteroatoms. The zero-order valence-corrected chi connectivity index (χ0v) is 6.99. The first-order valence-electron chi connectivity index (χ1n) is 3.38. The molecule has 0 aromatic heterocycles. The number of aliphatic hydroxyl groups is 1. The maximum atomic E-state index is 8.41. The van der Waals surface area contributed by atoms with E-state index in [9.17, 15) is 0 Å². The van der Waals surface area contributed by atoms with Crippen molar-refractivity contribution in [3.05, 3.63) is 11.1 Å². The lowest BCUT2D eigenvalue weighted by molar-refractivity contribution is 0.287. The second kappa shape index (κ2) is 7.06. The zero-order valence-electron chi connectivity index (χ0n) is 6.23. The van der Waals surface area contributed by atoms with Crippen LogP contribution >= 0.6 is 11.6 Å². The molecule has 0 bridgehead atoms. The van der Waals surface area contributed by atoms with Crippen molar-refractivity contribution in [3.63, 3.8) is 0 Å². The van der Waals surface area contributed by atoms with Crippen molar-refractivity contribution in [2.24, 2.45) is 0 Å². The van der Waals surface area contributed by atoms with Gasteiger partial charge in [0.2, 0.25) is 0 Å². The third kappa shape index (κ3) is 6.08. The lowest BCUT2D eigenvalue weighted by atomic mass is 10.3. The summed E-state index contributed by atoms with van der Waals surface area (Å²) in [7, 11) is 0. The zero-order chi connectivity index (χ0) is 7.82. The number of hydrogen-bond acceptors (Lipinski definition) is 2. The maximum absolute atomic E-state index is 8.41. The predicted octanol–water partition coefficient (Wildman–Crippen LogP) is 1.10. The van der Waals surface area contributed by atoms with Crippen LogP contribution < -0.4 is 5.32 Å². The van der Waals surface area contributed by atoms with Gasteiger partial charge in [0, 0.05) is 18.7 Å². The fourth-order valence-corrected chi connectivity index (χ4v) is 0.605. The Morgan fingerprint density at radius 1 is 1.70 bits per heavy atom. The number of rotatable bonds is 5. The summed E-state index contributed by atoms with van der Waals surface area (Å²) in [5.74, 6) is 0. The van der Waals surface area contributed by atoms with Crippen molar-refractivity contribution >= 4 is 11.6 Å². The summed E-state index contributed by atoms with van der Waals surface area (Å²) < 4.78 is 0. The van der Waals surface area contributed by atoms with Gasteiger partial charge in [0.25, 0.3) is 0 Å². The molecule has 0 aliphatic rings. The van der Waals surface area contributed by atoms with Crippen molar-refractivity contribution in [1.82, 2.24) is 5.32 Å². The first-order valence-corrected chi connectivity index (χ1v) is 3.82. The van der Waals surface area contributed by atoms with Crippen LogP contribution in [0.5, 0.6) is 0 Å². The van der Waals surface area contributed by atoms with Crippen LogP contribution in [0.25, 0.3) is 0 Å². The lowest BCUT2D eigenvalue weighted by Gasteiger charge is -2.01. The van der Waals surface area contributed by atoms with Crippen molar-refractivity contribution < 1.29 is 5.11 Å². The molecule has 2 nitrogen and oxygen atoms in total. The summed E-state index contributed by atoms with van der Waals surface area (Å²) in [6.45, 7) is 3.86. The van der Waals surface area contributed by atoms with Crippen LogP contribution in [0.4, 0.5) is 0 Å². The van der Waals surface area contributed by atoms with Crippen molar-refractivity contribution in [3.8, 4) is 0 Å². The lowest BCUT2D eigenvalue weighted by Crippen LogP contribution is -2.18. The van der Waals surface area contributed by atoms with E-state index >= 15 is 0 Å². The highest BCUT2D eigenvalue weighted by atomic mass is 35.5. The van der Waals surface area contributed by atoms with E-state index in [1.54, 1.807) is 5.54 Å². The van der Waals surface area contributed by atoms with Gasteiger partial charge in [0.05, 0.1) is 0 Å². The predicted molar refractivity (Wildman–Crippen MR) is 44.2 cm³/mol. The standard InChI is InChI=1S/C7H14ClNO/c1-7(5-8)6-9-3-2-4-10/h5,9-10H,2-4,6H2,1H3. The molecular formula is C7H14ClNO. The monoisotopic (exact) mass is 163 g/mol. The Kier molecular flexibility index (Phi) is 7.03. The Bertz CT molecular complexity index is 104. The van der Waals surface area contributed by atoms with Gasteiger partial charge >= 0.3 is 0 Å². The van der Waals surface area contributed by atoms with E-state index < -0.39 is 0 Å². The van der Waals surface area contributed by atoms with Gasteiger partial charge in [0.1, 0.15) is 0 Å². The average molecular weight is 164 g/mol. The Morgan fingerprint density at radius 3 is 2.90 bits per heavy atom. The summed E-state index contributed by atoms with van der Waals surface area (Å²) in [6.07, 6.45) is 0.801. The molecule has 2 N–H and O–H groups in total. The molecule has 0 heterocycles. The Morgan fingerprint density at radius 2 is 2.40 bits per heavy atom. The van der Waals surface area contributed by atoms with E-state index in [1.807, 2.05) is 6.92 Å². The molecule has 0 amide bonds. The smallest absolute Gasteiger partial charge is 0.0443 e. The van der Waals surface area contributed by atoms with Gasteiger partial charge in [-0.15, -0.1) is 0 Å². The minimum Gasteiger partial charge on any atom is -0.396 e. The quantitative estimate of drug-likeness (QED) is 0.595. The van der Waals surface area contributed by atoms with E-state index in [0.29, 0.717) is 0 Å². The third-order valence-electron chi connectivity index (χ3n) is 1.10. The molecule has 0 aromatic rings. The Labute approximate surface area is 66.9 Å². The minimum absolute atomic E-state index is 0.247. The van der Waals surface area contributed by atoms with E-state index in [4.69, 9.17) is 16.7 Å². The second-order valence-electron chi connectivity index (χ2n) is 2.21. The number of hydrogen-bond donors (Lipinski definition) is 2. The SMILES string of the molecule is CC(=CCl)CNCCCO. The summed E-state index contributed by atoms with van der Waals surface area (Å²) in [6, 6.07) is 0. The molecule has 0 fully saturated rings. The first-order chi connectivity index (χ1) is 4.81. The molecule has 0 aliphatic carbocycles. The molecule has 10 heavy (non-hydrogen) atoms. The number of halogens is 1. The van der Waals surface area contributed by atoms with Gasteiger partial charge in [-0.25, -0.2) is 0 Å². The summed E-state index contributed by atoms with van der Waals surface area (Å²) in [5.41, 5.74) is 2.67. The van der Waals surface area contributed by atoms with Crippen molar-refractivity contribution in [2.75, 3.05) is 19.7 Å². The molecule has 60 valence electrons. The van der Waals surface area contributed by atoms with Crippen LogP contribution in [0.2, 0.25) is 0 Å². The fourth-order valence-electron chi connectivity index (χ4n) is 0.528. The van der Waals surface area contributed by atoms with E-state index in [-0.39, 0.29) is 6.61 Å². The van der Waals surface area contributed by atoms with Gasteiger partial charge in [-0.05, 0) is 25.5 Å². The fraction of sp³-hybridized carbons (Fsp3) is 0.714. The highest BCUT2D eigenvalue weighted by molar-refractivity contribution is 6.25. The summed E-state index contributed by atoms with van der Waals surface area (Å²) >= 11 is 5.41. The van der Waals surface area contributed by atoms with E-state index in [2.05, 4.69) is 5.32 Å². The third-order valence-corrected chi connectivity index (χ3v) is 1.47. The van der Waals surface area contributed by atoms with Crippen LogP contribution in [0.15, 0.2) is 11.1 Å². The highest BCUT2D eigenvalue weighted by Gasteiger charge is 1.87. The normalized spacial score (nSPS) is 12.1. The molecule has 0 radical (unpaired) electrons. The number of nitrogens with one attached hydrogen (secondary N) is 1. The molecule has 0 rings (SSSR count). The molecular weight excluding hydrogens is 150 g/mol. The van der Waals surface area contributed by atoms with Gasteiger partial charge in [-0.1, -0.05) is 11.6 Å². The first kappa shape index (κ1) is 9.95. The van der Waals surface area contributed by atoms with Gasteiger partial charge in [-0.2, -0.15) is 0 Å². The van der Waals surface area contributed by atoms with Crippen LogP contribution in [0.1, 0.15) is 13.3 Å². The topological polar surface area (TPSA) is 32.3 Å². The van der Waals surface area contributed by atoms with Gasteiger partial charge < -0.3 is 10.4 Å². The molecule has 0 aromatic carbocycles. The molecule has 0 atom stereocenters. The minimum atomic E-state index is 0.247. The number of aliphatic hydroxyl groups excluding tert-OH is 1. The molecule has 0 spiro atoms. The summed E-state index contributed by atoms with van der Waals surface area (Å²) in [4.78, 5) is 0. The van der Waals surface area contributed by atoms with E-state index in [1.165, 1.54) is 0 Å². The van der Waals surface area contributed by atoms with E-state index in [0.717, 1.165) is 25.1 Å². The van der Waals surface area contributed by atoms with Crippen LogP contribution in [0.3, 0.4) is 0 Å². The highest BCUT2D eigenvalue weighted by Crippen LogP contribution is 1.91. The van der Waals surface area contributed by atoms with Crippen LogP contribution in [-0.2, 0) is 0 Å². The largest absolute Gasteiger partial charge is 0.396 e.